The summed E-state index contributed by atoms with van der Waals surface area (Å²) in [6, 6.07) is 14.8. The van der Waals surface area contributed by atoms with Crippen LogP contribution in [0.3, 0.4) is 0 Å². The lowest BCUT2D eigenvalue weighted by atomic mass is 10.0. The maximum Gasteiger partial charge on any atom is 0.471 e. The van der Waals surface area contributed by atoms with Crippen molar-refractivity contribution >= 4 is 34.6 Å². The van der Waals surface area contributed by atoms with Gasteiger partial charge in [-0.3, -0.25) is 4.79 Å². The monoisotopic (exact) mass is 558 g/mol. The SMILES string of the molecule is O=C(OCc1ccccc1)N1CCCC1C=CC(NC(=O)C(F)(F)F)c1ccccc1I. The van der Waals surface area contributed by atoms with E-state index < -0.39 is 24.2 Å². The maximum atomic E-state index is 12.9. The number of ether oxygens (including phenoxy) is 1. The normalized spacial score (nSPS) is 17.4. The van der Waals surface area contributed by atoms with Gasteiger partial charge >= 0.3 is 18.2 Å². The van der Waals surface area contributed by atoms with E-state index in [-0.39, 0.29) is 12.6 Å². The Morgan fingerprint density at radius 2 is 1.84 bits per heavy atom. The van der Waals surface area contributed by atoms with E-state index in [1.165, 1.54) is 6.08 Å². The summed E-state index contributed by atoms with van der Waals surface area (Å²) in [7, 11) is 0. The molecule has 170 valence electrons. The highest BCUT2D eigenvalue weighted by Gasteiger charge is 2.40. The largest absolute Gasteiger partial charge is 0.471 e. The third-order valence-electron chi connectivity index (χ3n) is 5.05. The van der Waals surface area contributed by atoms with Crippen LogP contribution in [0.4, 0.5) is 18.0 Å². The first-order chi connectivity index (χ1) is 15.3. The summed E-state index contributed by atoms with van der Waals surface area (Å²) in [4.78, 5) is 25.7. The lowest BCUT2D eigenvalue weighted by Gasteiger charge is -2.23. The third-order valence-corrected chi connectivity index (χ3v) is 6.03. The van der Waals surface area contributed by atoms with E-state index in [1.807, 2.05) is 58.2 Å². The number of nitrogens with one attached hydrogen (secondary N) is 1. The quantitative estimate of drug-likeness (QED) is 0.384. The molecule has 2 unspecified atom stereocenters. The summed E-state index contributed by atoms with van der Waals surface area (Å²) in [6.07, 6.45) is -0.894. The topological polar surface area (TPSA) is 58.6 Å². The van der Waals surface area contributed by atoms with Crippen LogP contribution in [0.15, 0.2) is 66.7 Å². The third kappa shape index (κ3) is 6.47. The number of benzene rings is 2. The molecule has 0 bridgehead atoms. The molecule has 3 rings (SSSR count). The first kappa shape index (κ1) is 24.1. The number of alkyl halides is 3. The summed E-state index contributed by atoms with van der Waals surface area (Å²) < 4.78 is 44.7. The van der Waals surface area contributed by atoms with Gasteiger partial charge in [0.15, 0.2) is 0 Å². The fourth-order valence-corrected chi connectivity index (χ4v) is 4.16. The van der Waals surface area contributed by atoms with Crippen molar-refractivity contribution in [1.82, 2.24) is 10.2 Å². The molecular formula is C23H22F3IN2O3. The average molecular weight is 558 g/mol. The molecule has 9 heteroatoms. The number of hydrogen-bond acceptors (Lipinski definition) is 3. The van der Waals surface area contributed by atoms with Gasteiger partial charge in [0, 0.05) is 10.1 Å². The Labute approximate surface area is 197 Å². The van der Waals surface area contributed by atoms with Crippen LogP contribution in [-0.2, 0) is 16.1 Å². The number of carbonyl (C=O) groups excluding carboxylic acids is 2. The first-order valence-corrected chi connectivity index (χ1v) is 11.1. The predicted octanol–water partition coefficient (Wildman–Crippen LogP) is 5.37. The highest BCUT2D eigenvalue weighted by atomic mass is 127. The number of likely N-dealkylation sites (tertiary alicyclic amines) is 1. The molecule has 0 aromatic heterocycles. The molecule has 1 fully saturated rings. The van der Waals surface area contributed by atoms with Gasteiger partial charge in [-0.15, -0.1) is 0 Å². The van der Waals surface area contributed by atoms with Crippen LogP contribution in [0.5, 0.6) is 0 Å². The van der Waals surface area contributed by atoms with E-state index in [0.717, 1.165) is 12.0 Å². The highest BCUT2D eigenvalue weighted by Crippen LogP contribution is 2.26. The molecule has 2 atom stereocenters. The second kappa shape index (κ2) is 10.8. The standard InChI is InChI=1S/C23H22F3IN2O3/c24-23(25,26)21(30)28-20(18-10-4-5-11-19(18)27)13-12-17-9-6-14-29(17)22(31)32-15-16-7-2-1-3-8-16/h1-5,7-8,10-13,17,20H,6,9,14-15H2,(H,28,30). The molecular weight excluding hydrogens is 536 g/mol. The summed E-state index contributed by atoms with van der Waals surface area (Å²) in [5, 5.41) is 2.04. The minimum absolute atomic E-state index is 0.138. The van der Waals surface area contributed by atoms with Gasteiger partial charge in [0.25, 0.3) is 0 Å². The van der Waals surface area contributed by atoms with Crippen molar-refractivity contribution in [3.8, 4) is 0 Å². The van der Waals surface area contributed by atoms with Gasteiger partial charge in [0.1, 0.15) is 6.61 Å². The Hall–Kier alpha value is -2.56. The second-order valence-electron chi connectivity index (χ2n) is 7.30. The molecule has 0 aliphatic carbocycles. The van der Waals surface area contributed by atoms with Crippen LogP contribution in [0.2, 0.25) is 0 Å². The highest BCUT2D eigenvalue weighted by molar-refractivity contribution is 14.1. The van der Waals surface area contributed by atoms with E-state index in [9.17, 15) is 22.8 Å². The molecule has 2 amide bonds. The van der Waals surface area contributed by atoms with Gasteiger partial charge in [-0.05, 0) is 52.6 Å². The van der Waals surface area contributed by atoms with Crippen molar-refractivity contribution in [3.05, 3.63) is 81.4 Å². The summed E-state index contributed by atoms with van der Waals surface area (Å²) in [5.41, 5.74) is 1.40. The van der Waals surface area contributed by atoms with Crippen molar-refractivity contribution < 1.29 is 27.5 Å². The van der Waals surface area contributed by atoms with E-state index in [0.29, 0.717) is 22.1 Å². The van der Waals surface area contributed by atoms with Crippen LogP contribution in [0.1, 0.15) is 30.0 Å². The number of rotatable bonds is 6. The Kier molecular flexibility index (Phi) is 8.16. The minimum atomic E-state index is -4.99. The summed E-state index contributed by atoms with van der Waals surface area (Å²) >= 11 is 2.01. The van der Waals surface area contributed by atoms with E-state index in [1.54, 1.807) is 35.2 Å². The van der Waals surface area contributed by atoms with Gasteiger partial charge in [0.05, 0.1) is 12.1 Å². The zero-order valence-electron chi connectivity index (χ0n) is 17.0. The predicted molar refractivity (Wildman–Crippen MR) is 122 cm³/mol. The fourth-order valence-electron chi connectivity index (χ4n) is 3.44. The average Bonchev–Trinajstić information content (AvgIpc) is 3.24. The molecule has 0 spiro atoms. The van der Waals surface area contributed by atoms with E-state index in [2.05, 4.69) is 0 Å². The molecule has 0 radical (unpaired) electrons. The number of amides is 2. The second-order valence-corrected chi connectivity index (χ2v) is 8.46. The van der Waals surface area contributed by atoms with E-state index >= 15 is 0 Å². The zero-order valence-corrected chi connectivity index (χ0v) is 19.2. The van der Waals surface area contributed by atoms with Crippen molar-refractivity contribution in [3.63, 3.8) is 0 Å². The molecule has 1 heterocycles. The lowest BCUT2D eigenvalue weighted by Crippen LogP contribution is -2.39. The molecule has 2 aromatic carbocycles. The van der Waals surface area contributed by atoms with Gasteiger partial charge < -0.3 is 15.0 Å². The van der Waals surface area contributed by atoms with Crippen LogP contribution >= 0.6 is 22.6 Å². The van der Waals surface area contributed by atoms with Crippen molar-refractivity contribution in [2.75, 3.05) is 6.54 Å². The van der Waals surface area contributed by atoms with Crippen molar-refractivity contribution in [2.24, 2.45) is 0 Å². The molecule has 1 N–H and O–H groups in total. The zero-order chi connectivity index (χ0) is 23.1. The first-order valence-electron chi connectivity index (χ1n) is 10.0. The van der Waals surface area contributed by atoms with Crippen LogP contribution < -0.4 is 5.32 Å². The van der Waals surface area contributed by atoms with Crippen molar-refractivity contribution in [2.45, 2.75) is 37.7 Å². The molecule has 2 aromatic rings. The maximum absolute atomic E-state index is 12.9. The smallest absolute Gasteiger partial charge is 0.445 e. The van der Waals surface area contributed by atoms with Gasteiger partial charge in [-0.25, -0.2) is 4.79 Å². The number of halogens is 4. The Morgan fingerprint density at radius 1 is 1.16 bits per heavy atom. The number of hydrogen-bond donors (Lipinski definition) is 1. The Bertz CT molecular complexity index is 966. The molecule has 1 saturated heterocycles. The molecule has 32 heavy (non-hydrogen) atoms. The molecule has 1 aliphatic rings. The van der Waals surface area contributed by atoms with E-state index in [4.69, 9.17) is 4.74 Å². The number of carbonyl (C=O) groups is 2. The molecule has 1 aliphatic heterocycles. The summed E-state index contributed by atoms with van der Waals surface area (Å²) in [5.74, 6) is -2.02. The lowest BCUT2D eigenvalue weighted by molar-refractivity contribution is -0.174. The van der Waals surface area contributed by atoms with Crippen LogP contribution in [0, 0.1) is 3.57 Å². The van der Waals surface area contributed by atoms with Crippen molar-refractivity contribution in [1.29, 1.82) is 0 Å². The summed E-state index contributed by atoms with van der Waals surface area (Å²) in [6.45, 7) is 0.629. The van der Waals surface area contributed by atoms with Gasteiger partial charge in [-0.2, -0.15) is 13.2 Å². The Balaban J connectivity index is 1.72. The van der Waals surface area contributed by atoms with Gasteiger partial charge in [-0.1, -0.05) is 60.7 Å². The van der Waals surface area contributed by atoms with Crippen LogP contribution in [-0.4, -0.2) is 35.7 Å². The number of nitrogens with zero attached hydrogens (tertiary/aromatic N) is 1. The minimum Gasteiger partial charge on any atom is -0.445 e. The van der Waals surface area contributed by atoms with Gasteiger partial charge in [0.2, 0.25) is 0 Å². The van der Waals surface area contributed by atoms with Crippen LogP contribution in [0.25, 0.3) is 0 Å². The molecule has 5 nitrogen and oxygen atoms in total. The Morgan fingerprint density at radius 3 is 2.53 bits per heavy atom. The fraction of sp³-hybridized carbons (Fsp3) is 0.304. The molecule has 0 saturated carbocycles.